The summed E-state index contributed by atoms with van der Waals surface area (Å²) in [6, 6.07) is 8.51. The van der Waals surface area contributed by atoms with Crippen molar-refractivity contribution in [1.29, 1.82) is 0 Å². The molecule has 3 nitrogen and oxygen atoms in total. The maximum atomic E-state index is 13.2. The molecule has 0 aliphatic rings. The van der Waals surface area contributed by atoms with E-state index < -0.39 is 0 Å². The van der Waals surface area contributed by atoms with Gasteiger partial charge in [0, 0.05) is 30.6 Å². The van der Waals surface area contributed by atoms with Crippen LogP contribution in [0.5, 0.6) is 0 Å². The summed E-state index contributed by atoms with van der Waals surface area (Å²) >= 11 is 0. The summed E-state index contributed by atoms with van der Waals surface area (Å²) < 4.78 is 15.3. The normalized spacial score (nSPS) is 11.0. The molecule has 3 rings (SSSR count). The largest absolute Gasteiger partial charge is 0.324 e. The number of pyridine rings is 1. The number of aromatic nitrogens is 3. The quantitative estimate of drug-likeness (QED) is 0.689. The maximum absolute atomic E-state index is 13.2. The average molecular weight is 241 g/mol. The second kappa shape index (κ2) is 4.22. The van der Waals surface area contributed by atoms with Gasteiger partial charge in [-0.3, -0.25) is 4.98 Å². The smallest absolute Gasteiger partial charge is 0.142 e. The van der Waals surface area contributed by atoms with Crippen LogP contribution in [0.4, 0.5) is 4.39 Å². The molecule has 0 saturated heterocycles. The van der Waals surface area contributed by atoms with E-state index in [1.807, 2.05) is 19.1 Å². The molecule has 0 atom stereocenters. The Morgan fingerprint density at radius 2 is 2.17 bits per heavy atom. The minimum Gasteiger partial charge on any atom is -0.324 e. The lowest BCUT2D eigenvalue weighted by atomic mass is 10.2. The second-order valence-electron chi connectivity index (χ2n) is 4.05. The Bertz CT molecular complexity index is 689. The first kappa shape index (κ1) is 10.9. The van der Waals surface area contributed by atoms with Crippen LogP contribution in [0.25, 0.3) is 22.4 Å². The number of benzene rings is 1. The standard InChI is InChI=1S/C14H12FN3/c1-2-18-13-6-5-11(15)8-12(13)17-14(18)10-4-3-7-16-9-10/h3-9H,2H2,1H3. The van der Waals surface area contributed by atoms with Gasteiger partial charge in [-0.05, 0) is 31.2 Å². The molecule has 0 saturated carbocycles. The summed E-state index contributed by atoms with van der Waals surface area (Å²) in [7, 11) is 0. The van der Waals surface area contributed by atoms with E-state index in [4.69, 9.17) is 0 Å². The van der Waals surface area contributed by atoms with Crippen LogP contribution >= 0.6 is 0 Å². The van der Waals surface area contributed by atoms with Crippen LogP contribution in [0.15, 0.2) is 42.7 Å². The summed E-state index contributed by atoms with van der Waals surface area (Å²) in [4.78, 5) is 8.59. The predicted molar refractivity (Wildman–Crippen MR) is 68.6 cm³/mol. The van der Waals surface area contributed by atoms with Gasteiger partial charge >= 0.3 is 0 Å². The Morgan fingerprint density at radius 3 is 2.89 bits per heavy atom. The highest BCUT2D eigenvalue weighted by atomic mass is 19.1. The zero-order valence-corrected chi connectivity index (χ0v) is 9.97. The fraction of sp³-hybridized carbons (Fsp3) is 0.143. The van der Waals surface area contributed by atoms with E-state index in [1.54, 1.807) is 18.5 Å². The van der Waals surface area contributed by atoms with Crippen LogP contribution in [-0.2, 0) is 6.54 Å². The summed E-state index contributed by atoms with van der Waals surface area (Å²) in [5.41, 5.74) is 2.56. The van der Waals surface area contributed by atoms with Gasteiger partial charge in [0.25, 0.3) is 0 Å². The van der Waals surface area contributed by atoms with E-state index in [9.17, 15) is 4.39 Å². The van der Waals surface area contributed by atoms with Crippen molar-refractivity contribution < 1.29 is 4.39 Å². The minimum atomic E-state index is -0.263. The van der Waals surface area contributed by atoms with Crippen LogP contribution < -0.4 is 0 Å². The van der Waals surface area contributed by atoms with E-state index in [0.29, 0.717) is 5.52 Å². The second-order valence-corrected chi connectivity index (χ2v) is 4.05. The Balaban J connectivity index is 2.29. The first-order valence-corrected chi connectivity index (χ1v) is 5.86. The Hall–Kier alpha value is -2.23. The molecule has 0 N–H and O–H groups in total. The van der Waals surface area contributed by atoms with Gasteiger partial charge in [0.15, 0.2) is 0 Å². The van der Waals surface area contributed by atoms with Gasteiger partial charge in [-0.2, -0.15) is 0 Å². The lowest BCUT2D eigenvalue weighted by molar-refractivity contribution is 0.629. The van der Waals surface area contributed by atoms with Gasteiger partial charge in [-0.25, -0.2) is 9.37 Å². The van der Waals surface area contributed by atoms with Gasteiger partial charge < -0.3 is 4.57 Å². The van der Waals surface area contributed by atoms with Crippen molar-refractivity contribution in [3.63, 3.8) is 0 Å². The molecular formula is C14H12FN3. The van der Waals surface area contributed by atoms with Crippen LogP contribution in [0, 0.1) is 5.82 Å². The van der Waals surface area contributed by atoms with E-state index in [0.717, 1.165) is 23.4 Å². The van der Waals surface area contributed by atoms with Gasteiger partial charge in [0.05, 0.1) is 11.0 Å². The first-order valence-electron chi connectivity index (χ1n) is 5.86. The zero-order chi connectivity index (χ0) is 12.5. The first-order chi connectivity index (χ1) is 8.79. The number of hydrogen-bond acceptors (Lipinski definition) is 2. The number of imidazole rings is 1. The Morgan fingerprint density at radius 1 is 1.28 bits per heavy atom. The molecule has 0 fully saturated rings. The maximum Gasteiger partial charge on any atom is 0.142 e. The van der Waals surface area contributed by atoms with Gasteiger partial charge in [-0.15, -0.1) is 0 Å². The molecule has 0 aliphatic carbocycles. The minimum absolute atomic E-state index is 0.263. The number of fused-ring (bicyclic) bond motifs is 1. The molecule has 0 amide bonds. The predicted octanol–water partition coefficient (Wildman–Crippen LogP) is 3.26. The molecular weight excluding hydrogens is 229 g/mol. The van der Waals surface area contributed by atoms with Gasteiger partial charge in [0.2, 0.25) is 0 Å². The fourth-order valence-corrected chi connectivity index (χ4v) is 2.14. The third-order valence-corrected chi connectivity index (χ3v) is 2.95. The summed E-state index contributed by atoms with van der Waals surface area (Å²) in [6.07, 6.45) is 3.49. The average Bonchev–Trinajstić information content (AvgIpc) is 2.77. The molecule has 3 aromatic rings. The number of halogens is 1. The molecule has 0 spiro atoms. The third kappa shape index (κ3) is 1.66. The topological polar surface area (TPSA) is 30.7 Å². The van der Waals surface area contributed by atoms with Crippen molar-refractivity contribution in [2.24, 2.45) is 0 Å². The zero-order valence-electron chi connectivity index (χ0n) is 9.97. The van der Waals surface area contributed by atoms with Crippen molar-refractivity contribution in [2.75, 3.05) is 0 Å². The van der Waals surface area contributed by atoms with Gasteiger partial charge in [0.1, 0.15) is 11.6 Å². The lowest BCUT2D eigenvalue weighted by Gasteiger charge is -2.05. The molecule has 18 heavy (non-hydrogen) atoms. The lowest BCUT2D eigenvalue weighted by Crippen LogP contribution is -1.97. The summed E-state index contributed by atoms with van der Waals surface area (Å²) in [5, 5.41) is 0. The number of aryl methyl sites for hydroxylation is 1. The molecule has 2 aromatic heterocycles. The van der Waals surface area contributed by atoms with E-state index >= 15 is 0 Å². The van der Waals surface area contributed by atoms with Crippen LogP contribution in [0.1, 0.15) is 6.92 Å². The molecule has 0 unspecified atom stereocenters. The third-order valence-electron chi connectivity index (χ3n) is 2.95. The summed E-state index contributed by atoms with van der Waals surface area (Å²) in [6.45, 7) is 2.83. The molecule has 4 heteroatoms. The van der Waals surface area contributed by atoms with Crippen molar-refractivity contribution in [3.05, 3.63) is 48.5 Å². The van der Waals surface area contributed by atoms with Crippen molar-refractivity contribution in [1.82, 2.24) is 14.5 Å². The number of rotatable bonds is 2. The number of nitrogens with zero attached hydrogens (tertiary/aromatic N) is 3. The van der Waals surface area contributed by atoms with Gasteiger partial charge in [-0.1, -0.05) is 0 Å². The Labute approximate surface area is 104 Å². The highest BCUT2D eigenvalue weighted by Crippen LogP contribution is 2.24. The molecule has 0 aliphatic heterocycles. The monoisotopic (exact) mass is 241 g/mol. The van der Waals surface area contributed by atoms with Crippen molar-refractivity contribution in [2.45, 2.75) is 13.5 Å². The fourth-order valence-electron chi connectivity index (χ4n) is 2.14. The number of hydrogen-bond donors (Lipinski definition) is 0. The van der Waals surface area contributed by atoms with E-state index in [1.165, 1.54) is 12.1 Å². The van der Waals surface area contributed by atoms with Crippen molar-refractivity contribution >= 4 is 11.0 Å². The highest BCUT2D eigenvalue weighted by Gasteiger charge is 2.11. The Kier molecular flexibility index (Phi) is 2.55. The highest BCUT2D eigenvalue weighted by molar-refractivity contribution is 5.80. The van der Waals surface area contributed by atoms with Crippen LogP contribution in [0.3, 0.4) is 0 Å². The van der Waals surface area contributed by atoms with Crippen LogP contribution in [-0.4, -0.2) is 14.5 Å². The molecule has 2 heterocycles. The molecule has 0 bridgehead atoms. The van der Waals surface area contributed by atoms with E-state index in [2.05, 4.69) is 14.5 Å². The summed E-state index contributed by atoms with van der Waals surface area (Å²) in [5.74, 6) is 0.562. The SMILES string of the molecule is CCn1c(-c2cccnc2)nc2cc(F)ccc21. The van der Waals surface area contributed by atoms with Crippen molar-refractivity contribution in [3.8, 4) is 11.4 Å². The van der Waals surface area contributed by atoms with Crippen LogP contribution in [0.2, 0.25) is 0 Å². The molecule has 0 radical (unpaired) electrons. The molecule has 90 valence electrons. The molecule has 1 aromatic carbocycles. The van der Waals surface area contributed by atoms with E-state index in [-0.39, 0.29) is 5.82 Å².